The predicted octanol–water partition coefficient (Wildman–Crippen LogP) is 1.80. The quantitative estimate of drug-likeness (QED) is 0.928. The van der Waals surface area contributed by atoms with Crippen LogP contribution >= 0.6 is 11.5 Å². The van der Waals surface area contributed by atoms with E-state index in [4.69, 9.17) is 0 Å². The van der Waals surface area contributed by atoms with Crippen LogP contribution in [0.2, 0.25) is 0 Å². The average Bonchev–Trinajstić information content (AvgIpc) is 2.92. The summed E-state index contributed by atoms with van der Waals surface area (Å²) >= 11 is 1.54. The van der Waals surface area contributed by atoms with Gasteiger partial charge in [0.15, 0.2) is 0 Å². The number of likely N-dealkylation sites (N-methyl/N-ethyl adjacent to an activating group) is 1. The van der Waals surface area contributed by atoms with Crippen molar-refractivity contribution in [3.05, 3.63) is 24.3 Å². The van der Waals surface area contributed by atoms with Crippen molar-refractivity contribution in [2.24, 2.45) is 0 Å². The molecule has 19 heavy (non-hydrogen) atoms. The van der Waals surface area contributed by atoms with Crippen LogP contribution in [0, 0.1) is 0 Å². The molecule has 1 aliphatic heterocycles. The lowest BCUT2D eigenvalue weighted by atomic mass is 10.2. The summed E-state index contributed by atoms with van der Waals surface area (Å²) in [6, 6.07) is 8.60. The molecule has 0 radical (unpaired) electrons. The SMILES string of the molecule is CN(C)CC1CC(O)CN1c1snc2ccccc12. The van der Waals surface area contributed by atoms with E-state index in [-0.39, 0.29) is 6.10 Å². The Hall–Kier alpha value is -1.17. The van der Waals surface area contributed by atoms with Gasteiger partial charge in [0.05, 0.1) is 11.6 Å². The number of β-amino-alcohol motifs (C(OH)–C–C–N with tert-alkyl or cyclic N) is 1. The summed E-state index contributed by atoms with van der Waals surface area (Å²) in [7, 11) is 4.15. The first kappa shape index (κ1) is 12.8. The average molecular weight is 277 g/mol. The van der Waals surface area contributed by atoms with Crippen molar-refractivity contribution in [3.8, 4) is 0 Å². The molecule has 1 fully saturated rings. The van der Waals surface area contributed by atoms with Gasteiger partial charge in [-0.1, -0.05) is 12.1 Å². The lowest BCUT2D eigenvalue weighted by molar-refractivity contribution is 0.191. The zero-order chi connectivity index (χ0) is 13.4. The van der Waals surface area contributed by atoms with E-state index in [1.54, 1.807) is 0 Å². The smallest absolute Gasteiger partial charge is 0.120 e. The topological polar surface area (TPSA) is 39.6 Å². The molecule has 1 N–H and O–H groups in total. The highest BCUT2D eigenvalue weighted by molar-refractivity contribution is 7.11. The maximum atomic E-state index is 9.98. The van der Waals surface area contributed by atoms with Crippen molar-refractivity contribution in [2.45, 2.75) is 18.6 Å². The van der Waals surface area contributed by atoms with Gasteiger partial charge in [-0.05, 0) is 44.2 Å². The van der Waals surface area contributed by atoms with E-state index in [0.717, 1.165) is 18.5 Å². The first-order chi connectivity index (χ1) is 9.15. The number of hydrogen-bond donors (Lipinski definition) is 1. The van der Waals surface area contributed by atoms with Crippen LogP contribution in [0.1, 0.15) is 6.42 Å². The van der Waals surface area contributed by atoms with Crippen molar-refractivity contribution in [1.29, 1.82) is 0 Å². The number of nitrogens with zero attached hydrogens (tertiary/aromatic N) is 3. The third kappa shape index (κ3) is 2.45. The summed E-state index contributed by atoms with van der Waals surface area (Å²) in [5.41, 5.74) is 1.05. The molecule has 0 aliphatic carbocycles. The van der Waals surface area contributed by atoms with E-state index < -0.39 is 0 Å². The Morgan fingerprint density at radius 1 is 1.42 bits per heavy atom. The number of aromatic nitrogens is 1. The van der Waals surface area contributed by atoms with E-state index in [1.807, 2.05) is 18.2 Å². The number of hydrogen-bond acceptors (Lipinski definition) is 5. The molecule has 2 heterocycles. The standard InChI is InChI=1S/C14H19N3OS/c1-16(2)8-10-7-11(18)9-17(10)14-12-5-3-4-6-13(12)15-19-14/h3-6,10-11,18H,7-9H2,1-2H3. The second kappa shape index (κ2) is 5.07. The highest BCUT2D eigenvalue weighted by Crippen LogP contribution is 2.35. The molecule has 4 nitrogen and oxygen atoms in total. The Morgan fingerprint density at radius 3 is 3.00 bits per heavy atom. The van der Waals surface area contributed by atoms with Gasteiger partial charge in [0.2, 0.25) is 0 Å². The summed E-state index contributed by atoms with van der Waals surface area (Å²) in [5, 5.41) is 12.4. The van der Waals surface area contributed by atoms with Crippen molar-refractivity contribution < 1.29 is 5.11 Å². The van der Waals surface area contributed by atoms with Crippen LogP contribution in [-0.2, 0) is 0 Å². The number of rotatable bonds is 3. The summed E-state index contributed by atoms with van der Waals surface area (Å²) in [4.78, 5) is 4.50. The Balaban J connectivity index is 1.95. The zero-order valence-corrected chi connectivity index (χ0v) is 12.1. The predicted molar refractivity (Wildman–Crippen MR) is 79.9 cm³/mol. The fourth-order valence-corrected chi connectivity index (χ4v) is 3.76. The monoisotopic (exact) mass is 277 g/mol. The van der Waals surface area contributed by atoms with Crippen LogP contribution < -0.4 is 4.90 Å². The molecule has 102 valence electrons. The van der Waals surface area contributed by atoms with Crippen molar-refractivity contribution >= 4 is 27.4 Å². The third-order valence-electron chi connectivity index (χ3n) is 3.59. The van der Waals surface area contributed by atoms with Crippen LogP contribution in [0.3, 0.4) is 0 Å². The number of anilines is 1. The summed E-state index contributed by atoms with van der Waals surface area (Å²) < 4.78 is 4.51. The van der Waals surface area contributed by atoms with Gasteiger partial charge in [-0.25, -0.2) is 0 Å². The summed E-state index contributed by atoms with van der Waals surface area (Å²) in [6.45, 7) is 1.67. The lowest BCUT2D eigenvalue weighted by Gasteiger charge is -2.27. The van der Waals surface area contributed by atoms with Gasteiger partial charge in [-0.3, -0.25) is 0 Å². The van der Waals surface area contributed by atoms with Gasteiger partial charge in [-0.15, -0.1) is 0 Å². The second-order valence-corrected chi connectivity index (χ2v) is 6.21. The molecule has 2 aromatic rings. The minimum Gasteiger partial charge on any atom is -0.391 e. The molecule has 0 bridgehead atoms. The largest absolute Gasteiger partial charge is 0.391 e. The molecule has 0 spiro atoms. The Morgan fingerprint density at radius 2 is 2.21 bits per heavy atom. The highest BCUT2D eigenvalue weighted by Gasteiger charge is 2.33. The van der Waals surface area contributed by atoms with Gasteiger partial charge < -0.3 is 14.9 Å². The van der Waals surface area contributed by atoms with Gasteiger partial charge in [0.25, 0.3) is 0 Å². The second-order valence-electron chi connectivity index (χ2n) is 5.46. The first-order valence-corrected chi connectivity index (χ1v) is 7.36. The molecule has 1 aromatic carbocycles. The van der Waals surface area contributed by atoms with E-state index >= 15 is 0 Å². The number of aliphatic hydroxyl groups is 1. The molecule has 0 saturated carbocycles. The molecular weight excluding hydrogens is 258 g/mol. The summed E-state index contributed by atoms with van der Waals surface area (Å²) in [6.07, 6.45) is 0.607. The van der Waals surface area contributed by atoms with Gasteiger partial charge >= 0.3 is 0 Å². The van der Waals surface area contributed by atoms with Crippen LogP contribution in [0.25, 0.3) is 10.9 Å². The number of benzene rings is 1. The normalized spacial score (nSPS) is 23.7. The minimum atomic E-state index is -0.231. The van der Waals surface area contributed by atoms with E-state index in [2.05, 4.69) is 34.3 Å². The van der Waals surface area contributed by atoms with Gasteiger partial charge in [0, 0.05) is 24.5 Å². The molecule has 1 aromatic heterocycles. The third-order valence-corrected chi connectivity index (χ3v) is 4.51. The van der Waals surface area contributed by atoms with Crippen LogP contribution in [0.15, 0.2) is 24.3 Å². The van der Waals surface area contributed by atoms with Crippen LogP contribution in [-0.4, -0.2) is 53.7 Å². The van der Waals surface area contributed by atoms with Crippen molar-refractivity contribution in [1.82, 2.24) is 9.27 Å². The first-order valence-electron chi connectivity index (χ1n) is 6.59. The maximum Gasteiger partial charge on any atom is 0.120 e. The molecule has 1 saturated heterocycles. The molecule has 2 unspecified atom stereocenters. The van der Waals surface area contributed by atoms with Crippen molar-refractivity contribution in [3.63, 3.8) is 0 Å². The highest BCUT2D eigenvalue weighted by atomic mass is 32.1. The molecule has 3 rings (SSSR count). The molecule has 2 atom stereocenters. The molecule has 1 aliphatic rings. The number of aliphatic hydroxyl groups excluding tert-OH is 1. The fraction of sp³-hybridized carbons (Fsp3) is 0.500. The molecular formula is C14H19N3OS. The Kier molecular flexibility index (Phi) is 3.43. The minimum absolute atomic E-state index is 0.231. The van der Waals surface area contributed by atoms with E-state index in [9.17, 15) is 5.11 Å². The van der Waals surface area contributed by atoms with Gasteiger partial charge in [0.1, 0.15) is 5.00 Å². The Bertz CT molecular complexity index is 569. The van der Waals surface area contributed by atoms with E-state index in [0.29, 0.717) is 12.6 Å². The molecule has 0 amide bonds. The maximum absolute atomic E-state index is 9.98. The fourth-order valence-electron chi connectivity index (χ4n) is 2.82. The van der Waals surface area contributed by atoms with Gasteiger partial charge in [-0.2, -0.15) is 4.37 Å². The van der Waals surface area contributed by atoms with Crippen LogP contribution in [0.5, 0.6) is 0 Å². The molecule has 5 heteroatoms. The Labute approximate surface area is 117 Å². The van der Waals surface area contributed by atoms with Crippen molar-refractivity contribution in [2.75, 3.05) is 32.1 Å². The van der Waals surface area contributed by atoms with E-state index in [1.165, 1.54) is 21.9 Å². The summed E-state index contributed by atoms with van der Waals surface area (Å²) in [5.74, 6) is 0. The lowest BCUT2D eigenvalue weighted by Crippen LogP contribution is -2.37. The number of fused-ring (bicyclic) bond motifs is 1. The zero-order valence-electron chi connectivity index (χ0n) is 11.3. The van der Waals surface area contributed by atoms with Crippen LogP contribution in [0.4, 0.5) is 5.00 Å².